The molecule has 1 rings (SSSR count). The summed E-state index contributed by atoms with van der Waals surface area (Å²) in [6, 6.07) is 2.83. The molecule has 0 saturated heterocycles. The fourth-order valence-corrected chi connectivity index (χ4v) is 2.56. The van der Waals surface area contributed by atoms with Gasteiger partial charge in [0.25, 0.3) is 0 Å². The molecule has 0 aromatic heterocycles. The number of rotatable bonds is 7. The van der Waals surface area contributed by atoms with E-state index in [4.69, 9.17) is 15.6 Å². The number of nitrogens with two attached hydrogens (primary N) is 2. The molecule has 9 heteroatoms. The van der Waals surface area contributed by atoms with Gasteiger partial charge < -0.3 is 21.1 Å². The minimum Gasteiger partial charge on any atom is -0.399 e. The van der Waals surface area contributed by atoms with Crippen molar-refractivity contribution in [3.8, 4) is 0 Å². The van der Waals surface area contributed by atoms with Gasteiger partial charge in [0, 0.05) is 25.0 Å². The summed E-state index contributed by atoms with van der Waals surface area (Å²) >= 11 is 0. The van der Waals surface area contributed by atoms with Crippen molar-refractivity contribution in [3.63, 3.8) is 0 Å². The van der Waals surface area contributed by atoms with Gasteiger partial charge in [0.2, 0.25) is 15.9 Å². The van der Waals surface area contributed by atoms with Crippen LogP contribution in [0.1, 0.15) is 5.56 Å². The van der Waals surface area contributed by atoms with Crippen molar-refractivity contribution < 1.29 is 17.9 Å². The number of primary sulfonamides is 1. The molecule has 21 heavy (non-hydrogen) atoms. The van der Waals surface area contributed by atoms with Gasteiger partial charge in [-0.05, 0) is 24.6 Å². The Bertz CT molecular complexity index is 616. The van der Waals surface area contributed by atoms with Gasteiger partial charge in [0.15, 0.2) is 0 Å². The third-order valence-electron chi connectivity index (χ3n) is 2.76. The molecular weight excluding hydrogens is 296 g/mol. The number of sulfonamides is 1. The summed E-state index contributed by atoms with van der Waals surface area (Å²) in [6.45, 7) is 2.39. The van der Waals surface area contributed by atoms with E-state index in [1.165, 1.54) is 13.2 Å². The van der Waals surface area contributed by atoms with Crippen LogP contribution in [0.15, 0.2) is 17.0 Å². The summed E-state index contributed by atoms with van der Waals surface area (Å²) in [5.74, 6) is -0.244. The summed E-state index contributed by atoms with van der Waals surface area (Å²) in [5.41, 5.74) is 6.75. The number of carbonyl (C=O) groups excluding carboxylic acids is 1. The van der Waals surface area contributed by atoms with Crippen LogP contribution in [-0.4, -0.2) is 41.1 Å². The number of carbonyl (C=O) groups is 1. The third kappa shape index (κ3) is 5.21. The summed E-state index contributed by atoms with van der Waals surface area (Å²) in [4.78, 5) is 11.5. The van der Waals surface area contributed by atoms with E-state index in [-0.39, 0.29) is 23.0 Å². The molecule has 1 aromatic carbocycles. The Balaban J connectivity index is 2.81. The van der Waals surface area contributed by atoms with Gasteiger partial charge in [-0.1, -0.05) is 0 Å². The molecule has 0 spiro atoms. The Hall–Kier alpha value is -1.84. The van der Waals surface area contributed by atoms with Gasteiger partial charge in [0.05, 0.1) is 18.0 Å². The lowest BCUT2D eigenvalue weighted by molar-refractivity contribution is -0.119. The van der Waals surface area contributed by atoms with E-state index in [1.807, 2.05) is 0 Å². The highest BCUT2D eigenvalue weighted by Crippen LogP contribution is 2.25. The zero-order valence-electron chi connectivity index (χ0n) is 12.0. The highest BCUT2D eigenvalue weighted by atomic mass is 32.2. The second-order valence-corrected chi connectivity index (χ2v) is 5.96. The Morgan fingerprint density at radius 1 is 1.38 bits per heavy atom. The predicted molar refractivity (Wildman–Crippen MR) is 80.3 cm³/mol. The predicted octanol–water partition coefficient (Wildman–Crippen LogP) is -0.601. The standard InChI is InChI=1S/C12H20N4O4S/c1-8-10(16-7-12(17)15-3-4-20-2)5-9(13)6-11(8)21(14,18)19/h5-6,16H,3-4,7,13H2,1-2H3,(H,15,17)(H2,14,18,19). The molecule has 0 aliphatic heterocycles. The van der Waals surface area contributed by atoms with Gasteiger partial charge in [-0.25, -0.2) is 13.6 Å². The topological polar surface area (TPSA) is 137 Å². The van der Waals surface area contributed by atoms with Crippen molar-refractivity contribution in [2.45, 2.75) is 11.8 Å². The third-order valence-corrected chi connectivity index (χ3v) is 3.79. The first-order chi connectivity index (χ1) is 9.75. The van der Waals surface area contributed by atoms with E-state index in [0.29, 0.717) is 24.4 Å². The lowest BCUT2D eigenvalue weighted by Crippen LogP contribution is -2.32. The molecule has 8 nitrogen and oxygen atoms in total. The van der Waals surface area contributed by atoms with Crippen LogP contribution < -0.4 is 21.5 Å². The number of hydrogen-bond donors (Lipinski definition) is 4. The first kappa shape index (κ1) is 17.2. The average molecular weight is 316 g/mol. The molecule has 1 amide bonds. The van der Waals surface area contributed by atoms with E-state index >= 15 is 0 Å². The minimum absolute atomic E-state index is 0.0158. The summed E-state index contributed by atoms with van der Waals surface area (Å²) < 4.78 is 27.8. The maximum Gasteiger partial charge on any atom is 0.239 e. The normalized spacial score (nSPS) is 11.2. The second kappa shape index (κ2) is 7.25. The molecule has 0 radical (unpaired) electrons. The van der Waals surface area contributed by atoms with E-state index < -0.39 is 10.0 Å². The van der Waals surface area contributed by atoms with Crippen molar-refractivity contribution in [2.24, 2.45) is 5.14 Å². The van der Waals surface area contributed by atoms with Crippen molar-refractivity contribution in [1.82, 2.24) is 5.32 Å². The molecule has 0 saturated carbocycles. The van der Waals surface area contributed by atoms with Crippen LogP contribution in [-0.2, 0) is 19.6 Å². The van der Waals surface area contributed by atoms with Crippen molar-refractivity contribution in [3.05, 3.63) is 17.7 Å². The zero-order valence-corrected chi connectivity index (χ0v) is 12.8. The second-order valence-electron chi connectivity index (χ2n) is 4.43. The lowest BCUT2D eigenvalue weighted by Gasteiger charge is -2.13. The Kier molecular flexibility index (Phi) is 5.94. The van der Waals surface area contributed by atoms with Crippen molar-refractivity contribution in [2.75, 3.05) is 37.9 Å². The van der Waals surface area contributed by atoms with Crippen LogP contribution in [0.25, 0.3) is 0 Å². The van der Waals surface area contributed by atoms with Crippen LogP contribution in [0.2, 0.25) is 0 Å². The number of nitrogen functional groups attached to an aromatic ring is 1. The molecule has 118 valence electrons. The number of methoxy groups -OCH3 is 1. The Morgan fingerprint density at radius 2 is 2.05 bits per heavy atom. The van der Waals surface area contributed by atoms with Gasteiger partial charge in [-0.3, -0.25) is 4.79 Å². The van der Waals surface area contributed by atoms with Gasteiger partial charge in [-0.15, -0.1) is 0 Å². The van der Waals surface area contributed by atoms with Crippen LogP contribution >= 0.6 is 0 Å². The largest absolute Gasteiger partial charge is 0.399 e. The van der Waals surface area contributed by atoms with E-state index in [9.17, 15) is 13.2 Å². The molecule has 0 aliphatic carbocycles. The molecule has 0 heterocycles. The van der Waals surface area contributed by atoms with Crippen LogP contribution in [0, 0.1) is 6.92 Å². The Labute approximate surface area is 123 Å². The molecule has 0 atom stereocenters. The minimum atomic E-state index is -3.87. The average Bonchev–Trinajstić information content (AvgIpc) is 2.38. The molecule has 0 bridgehead atoms. The molecule has 1 aromatic rings. The molecule has 0 fully saturated rings. The number of anilines is 2. The first-order valence-electron chi connectivity index (χ1n) is 6.18. The SMILES string of the molecule is COCCNC(=O)CNc1cc(N)cc(S(N)(=O)=O)c1C. The summed E-state index contributed by atoms with van der Waals surface area (Å²) in [5, 5.41) is 10.6. The van der Waals surface area contributed by atoms with Crippen LogP contribution in [0.5, 0.6) is 0 Å². The van der Waals surface area contributed by atoms with E-state index in [1.54, 1.807) is 13.0 Å². The monoisotopic (exact) mass is 316 g/mol. The van der Waals surface area contributed by atoms with E-state index in [0.717, 1.165) is 0 Å². The van der Waals surface area contributed by atoms with Crippen molar-refractivity contribution in [1.29, 1.82) is 0 Å². The van der Waals surface area contributed by atoms with Crippen LogP contribution in [0.3, 0.4) is 0 Å². The molecule has 0 unspecified atom stereocenters. The number of benzene rings is 1. The Morgan fingerprint density at radius 3 is 2.62 bits per heavy atom. The quantitative estimate of drug-likeness (QED) is 0.391. The van der Waals surface area contributed by atoms with Crippen molar-refractivity contribution >= 4 is 27.3 Å². The first-order valence-corrected chi connectivity index (χ1v) is 7.72. The molecule has 6 N–H and O–H groups in total. The zero-order chi connectivity index (χ0) is 16.0. The highest BCUT2D eigenvalue weighted by molar-refractivity contribution is 7.89. The molecular formula is C12H20N4O4S. The maximum absolute atomic E-state index is 11.6. The lowest BCUT2D eigenvalue weighted by atomic mass is 10.2. The summed E-state index contributed by atoms with van der Waals surface area (Å²) in [7, 11) is -2.33. The van der Waals surface area contributed by atoms with Gasteiger partial charge in [0.1, 0.15) is 0 Å². The van der Waals surface area contributed by atoms with E-state index in [2.05, 4.69) is 10.6 Å². The van der Waals surface area contributed by atoms with Crippen LogP contribution in [0.4, 0.5) is 11.4 Å². The number of nitrogens with one attached hydrogen (secondary N) is 2. The number of ether oxygens (including phenoxy) is 1. The summed E-state index contributed by atoms with van der Waals surface area (Å²) in [6.07, 6.45) is 0. The van der Waals surface area contributed by atoms with Gasteiger partial charge in [-0.2, -0.15) is 0 Å². The number of amides is 1. The fourth-order valence-electron chi connectivity index (χ4n) is 1.72. The maximum atomic E-state index is 11.6. The van der Waals surface area contributed by atoms with Gasteiger partial charge >= 0.3 is 0 Å². The molecule has 0 aliphatic rings. The highest BCUT2D eigenvalue weighted by Gasteiger charge is 2.15. The fraction of sp³-hybridized carbons (Fsp3) is 0.417. The smallest absolute Gasteiger partial charge is 0.239 e. The number of hydrogen-bond acceptors (Lipinski definition) is 6.